The third-order valence-corrected chi connectivity index (χ3v) is 3.19. The molecule has 0 bridgehead atoms. The Balaban J connectivity index is 2.64. The normalized spacial score (nSPS) is 11.0. The summed E-state index contributed by atoms with van der Waals surface area (Å²) in [4.78, 5) is 0.598. The van der Waals surface area contributed by atoms with E-state index in [0.29, 0.717) is 17.2 Å². The summed E-state index contributed by atoms with van der Waals surface area (Å²) in [5.41, 5.74) is 5.87. The van der Waals surface area contributed by atoms with Gasteiger partial charge in [-0.1, -0.05) is 0 Å². The fraction of sp³-hybridized carbons (Fsp3) is 0.455. The van der Waals surface area contributed by atoms with Crippen molar-refractivity contribution in [2.24, 2.45) is 0 Å². The van der Waals surface area contributed by atoms with Crippen LogP contribution >= 0.6 is 11.8 Å². The molecule has 16 heavy (non-hydrogen) atoms. The van der Waals surface area contributed by atoms with Gasteiger partial charge in [0.25, 0.3) is 6.43 Å². The Bertz CT molecular complexity index is 334. The molecule has 0 heterocycles. The molecule has 0 aliphatic carbocycles. The lowest BCUT2D eigenvalue weighted by Gasteiger charge is -2.09. The molecule has 0 aliphatic heterocycles. The number of halogens is 2. The van der Waals surface area contributed by atoms with Gasteiger partial charge in [-0.05, 0) is 24.6 Å². The molecule has 2 N–H and O–H groups in total. The molecule has 5 heteroatoms. The van der Waals surface area contributed by atoms with Crippen molar-refractivity contribution in [3.63, 3.8) is 0 Å². The summed E-state index contributed by atoms with van der Waals surface area (Å²) < 4.78 is 30.3. The summed E-state index contributed by atoms with van der Waals surface area (Å²) in [6, 6.07) is 4.63. The maximum Gasteiger partial charge on any atom is 0.265 e. The molecule has 0 aliphatic rings. The van der Waals surface area contributed by atoms with Crippen LogP contribution in [0.25, 0.3) is 0 Å². The monoisotopic (exact) mass is 247 g/mol. The lowest BCUT2D eigenvalue weighted by Crippen LogP contribution is -1.95. The number of nitrogen functional groups attached to an aromatic ring is 1. The summed E-state index contributed by atoms with van der Waals surface area (Å²) in [6.07, 6.45) is -1.64. The van der Waals surface area contributed by atoms with Crippen LogP contribution in [0.2, 0.25) is 0 Å². The van der Waals surface area contributed by atoms with Gasteiger partial charge in [0.05, 0.1) is 0 Å². The number of alkyl halides is 2. The number of rotatable bonds is 6. The van der Waals surface area contributed by atoms with Gasteiger partial charge in [-0.15, -0.1) is 11.8 Å². The molecule has 0 atom stereocenters. The summed E-state index contributed by atoms with van der Waals surface area (Å²) >= 11 is 1.41. The Labute approximate surface area is 98.2 Å². The largest absolute Gasteiger partial charge is 0.399 e. The van der Waals surface area contributed by atoms with Gasteiger partial charge in [0.2, 0.25) is 0 Å². The van der Waals surface area contributed by atoms with Crippen molar-refractivity contribution in [2.45, 2.75) is 17.7 Å². The van der Waals surface area contributed by atoms with Crippen LogP contribution in [0.15, 0.2) is 23.1 Å². The van der Waals surface area contributed by atoms with Crippen LogP contribution in [0.4, 0.5) is 14.5 Å². The molecule has 0 radical (unpaired) electrons. The van der Waals surface area contributed by atoms with Gasteiger partial charge < -0.3 is 10.5 Å². The van der Waals surface area contributed by atoms with Crippen molar-refractivity contribution in [1.29, 1.82) is 0 Å². The van der Waals surface area contributed by atoms with Gasteiger partial charge in [-0.25, -0.2) is 8.78 Å². The number of anilines is 1. The molecule has 0 saturated heterocycles. The minimum atomic E-state index is -2.48. The first-order valence-electron chi connectivity index (χ1n) is 4.94. The van der Waals surface area contributed by atoms with E-state index in [4.69, 9.17) is 10.5 Å². The highest BCUT2D eigenvalue weighted by Crippen LogP contribution is 2.32. The first-order valence-corrected chi connectivity index (χ1v) is 5.93. The molecule has 1 rings (SSSR count). The van der Waals surface area contributed by atoms with E-state index in [1.54, 1.807) is 19.2 Å². The summed E-state index contributed by atoms with van der Waals surface area (Å²) in [6.45, 7) is 0.645. The topological polar surface area (TPSA) is 35.2 Å². The molecule has 0 unspecified atom stereocenters. The number of thioether (sulfide) groups is 1. The number of hydrogen-bond acceptors (Lipinski definition) is 3. The van der Waals surface area contributed by atoms with E-state index in [-0.39, 0.29) is 5.56 Å². The fourth-order valence-corrected chi connectivity index (χ4v) is 2.22. The van der Waals surface area contributed by atoms with Gasteiger partial charge in [0.1, 0.15) is 0 Å². The Kier molecular flexibility index (Phi) is 5.55. The van der Waals surface area contributed by atoms with Gasteiger partial charge in [-0.2, -0.15) is 0 Å². The predicted molar refractivity (Wildman–Crippen MR) is 63.0 cm³/mol. The van der Waals surface area contributed by atoms with Crippen LogP contribution in [0.5, 0.6) is 0 Å². The standard InChI is InChI=1S/C11H15F2NOS/c1-15-5-2-6-16-10-4-3-8(14)7-9(10)11(12)13/h3-4,7,11H,2,5-6,14H2,1H3. The van der Waals surface area contributed by atoms with Gasteiger partial charge in [-0.3, -0.25) is 0 Å². The van der Waals surface area contributed by atoms with Gasteiger partial charge >= 0.3 is 0 Å². The van der Waals surface area contributed by atoms with Crippen molar-refractivity contribution in [3.05, 3.63) is 23.8 Å². The average Bonchev–Trinajstić information content (AvgIpc) is 2.26. The van der Waals surface area contributed by atoms with E-state index >= 15 is 0 Å². The highest BCUT2D eigenvalue weighted by Gasteiger charge is 2.13. The van der Waals surface area contributed by atoms with Crippen molar-refractivity contribution in [3.8, 4) is 0 Å². The second-order valence-corrected chi connectivity index (χ2v) is 4.43. The molecule has 0 amide bonds. The molecule has 0 fully saturated rings. The molecule has 2 nitrogen and oxygen atoms in total. The number of hydrogen-bond donors (Lipinski definition) is 1. The zero-order valence-corrected chi connectivity index (χ0v) is 9.90. The maximum atomic E-state index is 12.7. The zero-order chi connectivity index (χ0) is 12.0. The molecule has 1 aromatic carbocycles. The average molecular weight is 247 g/mol. The van der Waals surface area contributed by atoms with Crippen LogP contribution in [-0.4, -0.2) is 19.5 Å². The lowest BCUT2D eigenvalue weighted by atomic mass is 10.2. The van der Waals surface area contributed by atoms with Crippen LogP contribution in [-0.2, 0) is 4.74 Å². The minimum Gasteiger partial charge on any atom is -0.399 e. The molecule has 0 aromatic heterocycles. The predicted octanol–water partition coefficient (Wildman–Crippen LogP) is 3.34. The van der Waals surface area contributed by atoms with Gasteiger partial charge in [0, 0.05) is 35.6 Å². The summed E-state index contributed by atoms with van der Waals surface area (Å²) in [5.74, 6) is 0.761. The van der Waals surface area contributed by atoms with Crippen LogP contribution in [0.3, 0.4) is 0 Å². The number of ether oxygens (including phenoxy) is 1. The zero-order valence-electron chi connectivity index (χ0n) is 9.08. The van der Waals surface area contributed by atoms with Crippen molar-refractivity contribution < 1.29 is 13.5 Å². The number of methoxy groups -OCH3 is 1. The quantitative estimate of drug-likeness (QED) is 0.476. The van der Waals surface area contributed by atoms with Crippen molar-refractivity contribution >= 4 is 17.4 Å². The second kappa shape index (κ2) is 6.70. The Hall–Kier alpha value is -0.810. The van der Waals surface area contributed by atoms with E-state index in [1.807, 2.05) is 0 Å². The fourth-order valence-electron chi connectivity index (χ4n) is 1.25. The molecule has 0 saturated carbocycles. The smallest absolute Gasteiger partial charge is 0.265 e. The number of nitrogens with two attached hydrogens (primary N) is 1. The van der Waals surface area contributed by atoms with Crippen molar-refractivity contribution in [1.82, 2.24) is 0 Å². The van der Waals surface area contributed by atoms with Crippen LogP contribution in [0, 0.1) is 0 Å². The molecular weight excluding hydrogens is 232 g/mol. The third-order valence-electron chi connectivity index (χ3n) is 2.02. The van der Waals surface area contributed by atoms with E-state index in [2.05, 4.69) is 0 Å². The van der Waals surface area contributed by atoms with E-state index < -0.39 is 6.43 Å². The minimum absolute atomic E-state index is 0.0161. The Morgan fingerprint density at radius 3 is 2.81 bits per heavy atom. The SMILES string of the molecule is COCCCSc1ccc(N)cc1C(F)F. The lowest BCUT2D eigenvalue weighted by molar-refractivity contribution is 0.148. The van der Waals surface area contributed by atoms with Crippen molar-refractivity contribution in [2.75, 3.05) is 25.2 Å². The number of benzene rings is 1. The third kappa shape index (κ3) is 3.98. The molecule has 1 aromatic rings. The molecular formula is C11H15F2NOS. The Morgan fingerprint density at radius 1 is 1.44 bits per heavy atom. The van der Waals surface area contributed by atoms with E-state index in [1.165, 1.54) is 17.8 Å². The second-order valence-electron chi connectivity index (χ2n) is 3.29. The van der Waals surface area contributed by atoms with Crippen LogP contribution < -0.4 is 5.73 Å². The summed E-state index contributed by atoms with van der Waals surface area (Å²) in [5, 5.41) is 0. The summed E-state index contributed by atoms with van der Waals surface area (Å²) in [7, 11) is 1.62. The maximum absolute atomic E-state index is 12.7. The highest BCUT2D eigenvalue weighted by atomic mass is 32.2. The van der Waals surface area contributed by atoms with Crippen LogP contribution in [0.1, 0.15) is 18.4 Å². The first-order chi connectivity index (χ1) is 7.65. The molecule has 90 valence electrons. The highest BCUT2D eigenvalue weighted by molar-refractivity contribution is 7.99. The van der Waals surface area contributed by atoms with E-state index in [9.17, 15) is 8.78 Å². The van der Waals surface area contributed by atoms with Gasteiger partial charge in [0.15, 0.2) is 0 Å². The Morgan fingerprint density at radius 2 is 2.19 bits per heavy atom. The molecule has 0 spiro atoms. The van der Waals surface area contributed by atoms with E-state index in [0.717, 1.165) is 12.2 Å². The first kappa shape index (κ1) is 13.3.